The maximum Gasteiger partial charge on any atom is 0.254 e. The fourth-order valence-electron chi connectivity index (χ4n) is 2.84. The molecule has 3 rings (SSSR count). The lowest BCUT2D eigenvalue weighted by atomic mass is 10.1. The highest BCUT2D eigenvalue weighted by Gasteiger charge is 2.35. The Morgan fingerprint density at radius 1 is 1.08 bits per heavy atom. The zero-order valence-electron chi connectivity index (χ0n) is 13.1. The zero-order chi connectivity index (χ0) is 17.3. The van der Waals surface area contributed by atoms with Crippen LogP contribution in [0.25, 0.3) is 0 Å². The molecular weight excluding hydrogens is 347 g/mol. The number of rotatable bonds is 2. The Bertz CT molecular complexity index is 794. The van der Waals surface area contributed by atoms with Crippen molar-refractivity contribution in [1.82, 2.24) is 4.90 Å². The summed E-state index contributed by atoms with van der Waals surface area (Å²) >= 11 is 12.1. The monoisotopic (exact) mass is 362 g/mol. The molecule has 0 aromatic heterocycles. The smallest absolute Gasteiger partial charge is 0.254 e. The Morgan fingerprint density at radius 2 is 1.83 bits per heavy atom. The quantitative estimate of drug-likeness (QED) is 0.813. The third-order valence-electron chi connectivity index (χ3n) is 4.13. The molecule has 1 heterocycles. The Labute approximate surface area is 150 Å². The van der Waals surface area contributed by atoms with Crippen molar-refractivity contribution in [2.45, 2.75) is 13.0 Å². The maximum absolute atomic E-state index is 12.7. The average Bonchev–Trinajstić information content (AvgIpc) is 2.57. The highest BCUT2D eigenvalue weighted by molar-refractivity contribution is 6.34. The number of hydrogen-bond donors (Lipinski definition) is 0. The van der Waals surface area contributed by atoms with Gasteiger partial charge in [0.2, 0.25) is 5.91 Å². The van der Waals surface area contributed by atoms with Crippen molar-refractivity contribution in [2.75, 3.05) is 18.0 Å². The molecule has 2 amide bonds. The first-order chi connectivity index (χ1) is 11.5. The molecule has 1 saturated heterocycles. The fraction of sp³-hybridized carbons (Fsp3) is 0.222. The van der Waals surface area contributed by atoms with Gasteiger partial charge in [0.1, 0.15) is 6.04 Å². The second-order valence-electron chi connectivity index (χ2n) is 5.63. The van der Waals surface area contributed by atoms with E-state index < -0.39 is 6.04 Å². The van der Waals surface area contributed by atoms with E-state index in [0.29, 0.717) is 34.4 Å². The van der Waals surface area contributed by atoms with Crippen LogP contribution in [0, 0.1) is 0 Å². The van der Waals surface area contributed by atoms with Crippen LogP contribution in [0.15, 0.2) is 48.5 Å². The van der Waals surface area contributed by atoms with Crippen LogP contribution in [0.3, 0.4) is 0 Å². The molecule has 24 heavy (non-hydrogen) atoms. The molecule has 4 nitrogen and oxygen atoms in total. The van der Waals surface area contributed by atoms with Crippen molar-refractivity contribution in [1.29, 1.82) is 0 Å². The normalized spacial score (nSPS) is 18.0. The molecular formula is C18H16Cl2N2O2. The first kappa shape index (κ1) is 16.8. The largest absolute Gasteiger partial charge is 0.325 e. The van der Waals surface area contributed by atoms with Gasteiger partial charge in [-0.25, -0.2) is 0 Å². The SMILES string of the molecule is C[C@H]1C(=O)N(c2ccccc2Cl)CCN1C(=O)c1cccc(Cl)c1. The van der Waals surface area contributed by atoms with Gasteiger partial charge in [0.25, 0.3) is 5.91 Å². The standard InChI is InChI=1S/C18H16Cl2N2O2/c1-12-17(23)22(16-8-3-2-7-15(16)20)10-9-21(12)18(24)13-5-4-6-14(19)11-13/h2-8,11-12H,9-10H2,1H3/t12-/m0/s1. The van der Waals surface area contributed by atoms with Crippen molar-refractivity contribution >= 4 is 40.7 Å². The summed E-state index contributed by atoms with van der Waals surface area (Å²) < 4.78 is 0. The lowest BCUT2D eigenvalue weighted by molar-refractivity contribution is -0.124. The van der Waals surface area contributed by atoms with E-state index in [4.69, 9.17) is 23.2 Å². The van der Waals surface area contributed by atoms with Crippen LogP contribution in [0.1, 0.15) is 17.3 Å². The number of halogens is 2. The van der Waals surface area contributed by atoms with Crippen LogP contribution in [-0.2, 0) is 4.79 Å². The Balaban J connectivity index is 1.83. The molecule has 1 aliphatic rings. The van der Waals surface area contributed by atoms with Crippen LogP contribution in [0.4, 0.5) is 5.69 Å². The summed E-state index contributed by atoms with van der Waals surface area (Å²) in [4.78, 5) is 28.6. The van der Waals surface area contributed by atoms with Gasteiger partial charge in [-0.05, 0) is 37.3 Å². The Kier molecular flexibility index (Phi) is 4.78. The fourth-order valence-corrected chi connectivity index (χ4v) is 3.27. The Morgan fingerprint density at radius 3 is 2.54 bits per heavy atom. The number of benzene rings is 2. The van der Waals surface area contributed by atoms with E-state index >= 15 is 0 Å². The van der Waals surface area contributed by atoms with Crippen LogP contribution in [-0.4, -0.2) is 35.8 Å². The summed E-state index contributed by atoms with van der Waals surface area (Å²) in [6, 6.07) is 13.4. The van der Waals surface area contributed by atoms with E-state index in [1.54, 1.807) is 53.1 Å². The molecule has 2 aromatic rings. The molecule has 0 spiro atoms. The minimum absolute atomic E-state index is 0.148. The van der Waals surface area contributed by atoms with Gasteiger partial charge >= 0.3 is 0 Å². The van der Waals surface area contributed by atoms with Crippen molar-refractivity contribution < 1.29 is 9.59 Å². The minimum Gasteiger partial charge on any atom is -0.325 e. The van der Waals surface area contributed by atoms with Gasteiger partial charge in [0.05, 0.1) is 10.7 Å². The second kappa shape index (κ2) is 6.83. The van der Waals surface area contributed by atoms with E-state index in [1.807, 2.05) is 12.1 Å². The second-order valence-corrected chi connectivity index (χ2v) is 6.47. The van der Waals surface area contributed by atoms with E-state index in [0.717, 1.165) is 0 Å². The van der Waals surface area contributed by atoms with Gasteiger partial charge in [-0.15, -0.1) is 0 Å². The maximum atomic E-state index is 12.7. The predicted octanol–water partition coefficient (Wildman–Crippen LogP) is 3.87. The number of para-hydroxylation sites is 1. The molecule has 0 radical (unpaired) electrons. The van der Waals surface area contributed by atoms with Gasteiger partial charge in [-0.2, -0.15) is 0 Å². The summed E-state index contributed by atoms with van der Waals surface area (Å²) in [6.07, 6.45) is 0. The lowest BCUT2D eigenvalue weighted by Gasteiger charge is -2.39. The summed E-state index contributed by atoms with van der Waals surface area (Å²) in [7, 11) is 0. The van der Waals surface area contributed by atoms with Crippen LogP contribution >= 0.6 is 23.2 Å². The molecule has 1 atom stereocenters. The molecule has 0 unspecified atom stereocenters. The number of hydrogen-bond acceptors (Lipinski definition) is 2. The van der Waals surface area contributed by atoms with Gasteiger partial charge < -0.3 is 9.80 Å². The number of amides is 2. The number of carbonyl (C=O) groups is 2. The van der Waals surface area contributed by atoms with Gasteiger partial charge in [0.15, 0.2) is 0 Å². The van der Waals surface area contributed by atoms with Crippen molar-refractivity contribution in [3.8, 4) is 0 Å². The van der Waals surface area contributed by atoms with Gasteiger partial charge in [0, 0.05) is 23.7 Å². The molecule has 1 aliphatic heterocycles. The molecule has 6 heteroatoms. The molecule has 124 valence electrons. The zero-order valence-corrected chi connectivity index (χ0v) is 14.6. The van der Waals surface area contributed by atoms with Crippen LogP contribution in [0.5, 0.6) is 0 Å². The Hall–Kier alpha value is -2.04. The topological polar surface area (TPSA) is 40.6 Å². The first-order valence-electron chi connectivity index (χ1n) is 7.61. The summed E-state index contributed by atoms with van der Waals surface area (Å²) in [5, 5.41) is 1.02. The van der Waals surface area contributed by atoms with E-state index in [2.05, 4.69) is 0 Å². The lowest BCUT2D eigenvalue weighted by Crippen LogP contribution is -2.57. The number of anilines is 1. The van der Waals surface area contributed by atoms with Crippen molar-refractivity contribution in [2.24, 2.45) is 0 Å². The van der Waals surface area contributed by atoms with E-state index in [-0.39, 0.29) is 11.8 Å². The van der Waals surface area contributed by atoms with Crippen LogP contribution in [0.2, 0.25) is 10.0 Å². The third-order valence-corrected chi connectivity index (χ3v) is 4.69. The van der Waals surface area contributed by atoms with Gasteiger partial charge in [-0.1, -0.05) is 41.4 Å². The summed E-state index contributed by atoms with van der Waals surface area (Å²) in [5.41, 5.74) is 1.15. The third kappa shape index (κ3) is 3.12. The summed E-state index contributed by atoms with van der Waals surface area (Å²) in [6.45, 7) is 2.57. The van der Waals surface area contributed by atoms with Crippen molar-refractivity contribution in [3.05, 3.63) is 64.1 Å². The first-order valence-corrected chi connectivity index (χ1v) is 8.37. The average molecular weight is 363 g/mol. The predicted molar refractivity (Wildman–Crippen MR) is 95.8 cm³/mol. The molecule has 0 N–H and O–H groups in total. The molecule has 2 aromatic carbocycles. The molecule has 1 fully saturated rings. The number of piperazine rings is 1. The highest BCUT2D eigenvalue weighted by Crippen LogP contribution is 2.28. The molecule has 0 bridgehead atoms. The minimum atomic E-state index is -0.568. The van der Waals surface area contributed by atoms with E-state index in [9.17, 15) is 9.59 Å². The van der Waals surface area contributed by atoms with E-state index in [1.165, 1.54) is 0 Å². The summed E-state index contributed by atoms with van der Waals surface area (Å²) in [5.74, 6) is -0.345. The van der Waals surface area contributed by atoms with Crippen LogP contribution < -0.4 is 4.90 Å². The highest BCUT2D eigenvalue weighted by atomic mass is 35.5. The number of carbonyl (C=O) groups excluding carboxylic acids is 2. The molecule has 0 saturated carbocycles. The number of nitrogens with zero attached hydrogens (tertiary/aromatic N) is 2. The molecule has 0 aliphatic carbocycles. The van der Waals surface area contributed by atoms with Gasteiger partial charge in [-0.3, -0.25) is 9.59 Å². The van der Waals surface area contributed by atoms with Crippen molar-refractivity contribution in [3.63, 3.8) is 0 Å².